The fourth-order valence-corrected chi connectivity index (χ4v) is 5.61. The van der Waals surface area contributed by atoms with Gasteiger partial charge in [-0.1, -0.05) is 75.4 Å². The molecule has 34 heavy (non-hydrogen) atoms. The molecule has 3 aromatic carbocycles. The highest BCUT2D eigenvalue weighted by Gasteiger charge is 2.63. The SMILES string of the molecule is CC12CCC(/C(=C\c3ccc(COc4ccc(C(=O)c5ccccc5)cc4)cc3)C1=O)C2(C)C. The molecule has 2 fully saturated rings. The zero-order valence-electron chi connectivity index (χ0n) is 20.0. The highest BCUT2D eigenvalue weighted by molar-refractivity contribution is 6.09. The molecule has 2 saturated carbocycles. The van der Waals surface area contributed by atoms with Gasteiger partial charge in [-0.25, -0.2) is 0 Å². The number of hydrogen-bond acceptors (Lipinski definition) is 3. The van der Waals surface area contributed by atoms with Crippen LogP contribution in [0.5, 0.6) is 5.75 Å². The number of hydrogen-bond donors (Lipinski definition) is 0. The van der Waals surface area contributed by atoms with Crippen LogP contribution >= 0.6 is 0 Å². The van der Waals surface area contributed by atoms with Gasteiger partial charge >= 0.3 is 0 Å². The molecule has 172 valence electrons. The Labute approximate surface area is 201 Å². The molecule has 3 nitrogen and oxygen atoms in total. The van der Waals surface area contributed by atoms with Crippen LogP contribution < -0.4 is 4.74 Å². The van der Waals surface area contributed by atoms with E-state index in [1.807, 2.05) is 54.6 Å². The number of carbonyl (C=O) groups excluding carboxylic acids is 2. The van der Waals surface area contributed by atoms with Crippen molar-refractivity contribution in [2.45, 2.75) is 40.2 Å². The van der Waals surface area contributed by atoms with Crippen molar-refractivity contribution in [3.05, 3.63) is 107 Å². The first-order valence-corrected chi connectivity index (χ1v) is 12.0. The number of benzene rings is 3. The second kappa shape index (κ2) is 8.39. The van der Waals surface area contributed by atoms with Crippen LogP contribution in [0.3, 0.4) is 0 Å². The minimum atomic E-state index is -0.224. The lowest BCUT2D eigenvalue weighted by Crippen LogP contribution is -2.32. The molecular weight excluding hydrogens is 420 g/mol. The third-order valence-electron chi connectivity index (χ3n) is 8.22. The van der Waals surface area contributed by atoms with Gasteiger partial charge in [-0.15, -0.1) is 0 Å². The van der Waals surface area contributed by atoms with Crippen molar-refractivity contribution in [3.63, 3.8) is 0 Å². The van der Waals surface area contributed by atoms with E-state index in [9.17, 15) is 9.59 Å². The highest BCUT2D eigenvalue weighted by atomic mass is 16.5. The predicted octanol–water partition coefficient (Wildman–Crippen LogP) is 6.91. The summed E-state index contributed by atoms with van der Waals surface area (Å²) >= 11 is 0. The van der Waals surface area contributed by atoms with Crippen molar-refractivity contribution < 1.29 is 14.3 Å². The summed E-state index contributed by atoms with van der Waals surface area (Å²) in [5, 5.41) is 0. The average molecular weight is 451 g/mol. The van der Waals surface area contributed by atoms with Crippen LogP contribution in [0.4, 0.5) is 0 Å². The van der Waals surface area contributed by atoms with Crippen LogP contribution in [0.15, 0.2) is 84.4 Å². The molecule has 2 unspecified atom stereocenters. The largest absolute Gasteiger partial charge is 0.489 e. The van der Waals surface area contributed by atoms with Gasteiger partial charge in [0.15, 0.2) is 11.6 Å². The van der Waals surface area contributed by atoms with E-state index in [2.05, 4.69) is 39.0 Å². The molecule has 0 spiro atoms. The van der Waals surface area contributed by atoms with Crippen LogP contribution in [0.1, 0.15) is 60.7 Å². The molecule has 3 heteroatoms. The van der Waals surface area contributed by atoms with E-state index in [0.717, 1.165) is 35.3 Å². The van der Waals surface area contributed by atoms with Crippen molar-refractivity contribution in [2.24, 2.45) is 16.7 Å². The number of carbonyl (C=O) groups is 2. The zero-order chi connectivity index (χ0) is 23.9. The monoisotopic (exact) mass is 450 g/mol. The maximum absolute atomic E-state index is 13.1. The van der Waals surface area contributed by atoms with Crippen LogP contribution in [-0.2, 0) is 11.4 Å². The summed E-state index contributed by atoms with van der Waals surface area (Å²) < 4.78 is 5.92. The van der Waals surface area contributed by atoms with E-state index in [1.165, 1.54) is 0 Å². The summed E-state index contributed by atoms with van der Waals surface area (Å²) in [6.07, 6.45) is 4.19. The van der Waals surface area contributed by atoms with Crippen LogP contribution in [-0.4, -0.2) is 11.6 Å². The summed E-state index contributed by atoms with van der Waals surface area (Å²) in [7, 11) is 0. The molecule has 0 saturated heterocycles. The Morgan fingerprint density at radius 1 is 0.912 bits per heavy atom. The van der Waals surface area contributed by atoms with E-state index in [-0.39, 0.29) is 16.6 Å². The van der Waals surface area contributed by atoms with Crippen LogP contribution in [0.25, 0.3) is 6.08 Å². The molecule has 2 aliphatic rings. The lowest BCUT2D eigenvalue weighted by molar-refractivity contribution is -0.125. The van der Waals surface area contributed by atoms with Gasteiger partial charge in [0.2, 0.25) is 0 Å². The summed E-state index contributed by atoms with van der Waals surface area (Å²) in [6, 6.07) is 24.7. The molecule has 2 bridgehead atoms. The van der Waals surface area contributed by atoms with Crippen molar-refractivity contribution in [3.8, 4) is 5.75 Å². The quantitative estimate of drug-likeness (QED) is 0.303. The lowest BCUT2D eigenvalue weighted by atomic mass is 9.70. The van der Waals surface area contributed by atoms with E-state index < -0.39 is 0 Å². The van der Waals surface area contributed by atoms with E-state index in [4.69, 9.17) is 4.74 Å². The summed E-state index contributed by atoms with van der Waals surface area (Å²) in [5.74, 6) is 1.40. The molecule has 0 heterocycles. The lowest BCUT2D eigenvalue weighted by Gasteiger charge is -2.31. The van der Waals surface area contributed by atoms with Crippen molar-refractivity contribution in [1.29, 1.82) is 0 Å². The fraction of sp³-hybridized carbons (Fsp3) is 0.290. The third kappa shape index (κ3) is 3.69. The molecule has 0 aliphatic heterocycles. The van der Waals surface area contributed by atoms with E-state index in [0.29, 0.717) is 29.4 Å². The van der Waals surface area contributed by atoms with Gasteiger partial charge in [0.05, 0.1) is 0 Å². The van der Waals surface area contributed by atoms with Crippen molar-refractivity contribution >= 4 is 17.6 Å². The first-order valence-electron chi connectivity index (χ1n) is 12.0. The van der Waals surface area contributed by atoms with Gasteiger partial charge < -0.3 is 4.74 Å². The first-order chi connectivity index (χ1) is 16.3. The van der Waals surface area contributed by atoms with Gasteiger partial charge in [-0.2, -0.15) is 0 Å². The molecule has 0 N–H and O–H groups in total. The highest BCUT2D eigenvalue weighted by Crippen LogP contribution is 2.65. The number of allylic oxidation sites excluding steroid dienone is 1. The number of rotatable bonds is 6. The maximum Gasteiger partial charge on any atom is 0.193 e. The number of fused-ring (bicyclic) bond motifs is 2. The molecule has 0 radical (unpaired) electrons. The average Bonchev–Trinajstić information content (AvgIpc) is 3.17. The third-order valence-corrected chi connectivity index (χ3v) is 8.22. The Morgan fingerprint density at radius 3 is 2.18 bits per heavy atom. The topological polar surface area (TPSA) is 43.4 Å². The summed E-state index contributed by atoms with van der Waals surface area (Å²) in [5.41, 5.74) is 4.23. The van der Waals surface area contributed by atoms with Gasteiger partial charge in [0.1, 0.15) is 12.4 Å². The van der Waals surface area contributed by atoms with Crippen LogP contribution in [0.2, 0.25) is 0 Å². The van der Waals surface area contributed by atoms with E-state index >= 15 is 0 Å². The Bertz CT molecular complexity index is 1250. The normalized spacial score (nSPS) is 23.9. The Hall–Kier alpha value is -3.46. The van der Waals surface area contributed by atoms with E-state index in [1.54, 1.807) is 12.1 Å². The van der Waals surface area contributed by atoms with Crippen molar-refractivity contribution in [2.75, 3.05) is 0 Å². The number of Topliss-reactive ketones (excluding diaryl/α,β-unsaturated/α-hetero) is 1. The molecule has 3 aromatic rings. The first kappa shape index (κ1) is 22.3. The Balaban J connectivity index is 1.22. The number of ketones is 2. The minimum absolute atomic E-state index is 0.00297. The Morgan fingerprint density at radius 2 is 1.56 bits per heavy atom. The molecule has 2 atom stereocenters. The van der Waals surface area contributed by atoms with Gasteiger partial charge in [0, 0.05) is 16.5 Å². The molecule has 0 aromatic heterocycles. The van der Waals surface area contributed by atoms with Gasteiger partial charge in [0.25, 0.3) is 0 Å². The summed E-state index contributed by atoms with van der Waals surface area (Å²) in [6.45, 7) is 7.07. The standard InChI is InChI=1S/C31H30O3/c1-30(2)27-17-18-31(30,3)29(33)26(27)19-21-9-11-22(12-10-21)20-34-25-15-13-24(14-16-25)28(32)23-7-5-4-6-8-23/h4-16,19,27H,17-18,20H2,1-3H3/b26-19+. The molecule has 5 rings (SSSR count). The summed E-state index contributed by atoms with van der Waals surface area (Å²) in [4.78, 5) is 25.6. The molecule has 2 aliphatic carbocycles. The number of ether oxygens (including phenoxy) is 1. The minimum Gasteiger partial charge on any atom is -0.489 e. The fourth-order valence-electron chi connectivity index (χ4n) is 5.61. The zero-order valence-corrected chi connectivity index (χ0v) is 20.0. The molecular formula is C31H30O3. The second-order valence-corrected chi connectivity index (χ2v) is 10.3. The predicted molar refractivity (Wildman–Crippen MR) is 135 cm³/mol. The Kier molecular flexibility index (Phi) is 5.51. The van der Waals surface area contributed by atoms with Gasteiger partial charge in [-0.05, 0) is 71.2 Å². The maximum atomic E-state index is 13.1. The second-order valence-electron chi connectivity index (χ2n) is 10.3. The van der Waals surface area contributed by atoms with Crippen LogP contribution in [0, 0.1) is 16.7 Å². The van der Waals surface area contributed by atoms with Crippen molar-refractivity contribution in [1.82, 2.24) is 0 Å². The van der Waals surface area contributed by atoms with Gasteiger partial charge in [-0.3, -0.25) is 9.59 Å². The smallest absolute Gasteiger partial charge is 0.193 e. The molecule has 0 amide bonds.